The minimum Gasteiger partial charge on any atom is -0.438 e. The van der Waals surface area contributed by atoms with E-state index < -0.39 is 36.7 Å². The van der Waals surface area contributed by atoms with Crippen LogP contribution in [0, 0.1) is 0 Å². The first-order valence-electron chi connectivity index (χ1n) is 5.64. The molecule has 0 aliphatic carbocycles. The lowest BCUT2D eigenvalue weighted by molar-refractivity contribution is -0.140. The lowest BCUT2D eigenvalue weighted by atomic mass is 10.2. The van der Waals surface area contributed by atoms with Crippen molar-refractivity contribution >= 4 is 25.8 Å². The van der Waals surface area contributed by atoms with E-state index in [1.807, 2.05) is 0 Å². The Bertz CT molecular complexity index is 795. The molecule has 0 fully saturated rings. The van der Waals surface area contributed by atoms with Gasteiger partial charge in [0.2, 0.25) is 5.88 Å². The van der Waals surface area contributed by atoms with Crippen molar-refractivity contribution in [1.29, 1.82) is 0 Å². The minimum atomic E-state index is -4.87. The third-order valence-electron chi connectivity index (χ3n) is 2.49. The molecule has 0 N–H and O–H groups in total. The minimum absolute atomic E-state index is 0.0738. The summed E-state index contributed by atoms with van der Waals surface area (Å²) in [6.45, 7) is 0. The molecule has 0 aliphatic rings. The molecular weight excluding hydrogens is 389 g/mol. The van der Waals surface area contributed by atoms with E-state index >= 15 is 0 Å². The highest BCUT2D eigenvalue weighted by atomic mass is 79.9. The zero-order valence-electron chi connectivity index (χ0n) is 10.9. The fourth-order valence-electron chi connectivity index (χ4n) is 1.70. The molecule has 22 heavy (non-hydrogen) atoms. The Morgan fingerprint density at radius 3 is 2.41 bits per heavy atom. The van der Waals surface area contributed by atoms with Crippen molar-refractivity contribution in [3.8, 4) is 11.6 Å². The van der Waals surface area contributed by atoms with Crippen LogP contribution in [0.4, 0.5) is 13.2 Å². The smallest absolute Gasteiger partial charge is 0.418 e. The first-order chi connectivity index (χ1) is 10.1. The Hall–Kier alpha value is -1.68. The molecule has 118 valence electrons. The number of alkyl halides is 3. The topological polar surface area (TPSA) is 69.2 Å². The molecule has 1 aromatic heterocycles. The van der Waals surface area contributed by atoms with Gasteiger partial charge in [0.15, 0.2) is 9.84 Å². The molecule has 0 aliphatic heterocycles. The monoisotopic (exact) mass is 396 g/mol. The van der Waals surface area contributed by atoms with Gasteiger partial charge in [-0.2, -0.15) is 13.2 Å². The van der Waals surface area contributed by atoms with Gasteiger partial charge in [-0.05, 0) is 12.1 Å². The summed E-state index contributed by atoms with van der Waals surface area (Å²) in [6, 6.07) is 3.48. The van der Waals surface area contributed by atoms with Gasteiger partial charge in [0, 0.05) is 23.0 Å². The van der Waals surface area contributed by atoms with E-state index in [1.54, 1.807) is 0 Å². The van der Waals surface area contributed by atoms with Gasteiger partial charge < -0.3 is 4.74 Å². The maximum Gasteiger partial charge on any atom is 0.418 e. The Morgan fingerprint density at radius 2 is 1.91 bits per heavy atom. The van der Waals surface area contributed by atoms with E-state index in [4.69, 9.17) is 4.74 Å². The highest BCUT2D eigenvalue weighted by Gasteiger charge is 2.40. The maximum atomic E-state index is 13.2. The van der Waals surface area contributed by atoms with E-state index in [0.29, 0.717) is 6.26 Å². The first kappa shape index (κ1) is 16.7. The molecule has 0 saturated heterocycles. The summed E-state index contributed by atoms with van der Waals surface area (Å²) in [5.41, 5.74) is -1.32. The standard InChI is InChI=1S/C12H8BrF3N2O3S/c1-22(19,20)11-8(21-9-4-5-17-6-18-9)3-2-7(13)10(11)12(14,15)16/h2-6H,1H3. The molecule has 5 nitrogen and oxygen atoms in total. The largest absolute Gasteiger partial charge is 0.438 e. The molecule has 10 heteroatoms. The van der Waals surface area contributed by atoms with Gasteiger partial charge in [0.25, 0.3) is 0 Å². The van der Waals surface area contributed by atoms with Crippen LogP contribution in [-0.2, 0) is 16.0 Å². The second-order valence-corrected chi connectivity index (χ2v) is 6.98. The number of benzene rings is 1. The van der Waals surface area contributed by atoms with Gasteiger partial charge in [-0.3, -0.25) is 0 Å². The number of halogens is 4. The summed E-state index contributed by atoms with van der Waals surface area (Å²) in [4.78, 5) is 6.37. The molecule has 0 atom stereocenters. The predicted molar refractivity (Wildman–Crippen MR) is 74.4 cm³/mol. The highest BCUT2D eigenvalue weighted by molar-refractivity contribution is 9.10. The third-order valence-corrected chi connectivity index (χ3v) is 4.30. The molecular formula is C12H8BrF3N2O3S. The fourth-order valence-corrected chi connectivity index (χ4v) is 3.46. The number of aromatic nitrogens is 2. The molecule has 0 radical (unpaired) electrons. The summed E-state index contributed by atoms with van der Waals surface area (Å²) in [5.74, 6) is -0.535. The van der Waals surface area contributed by atoms with Crippen LogP contribution >= 0.6 is 15.9 Å². The Kier molecular flexibility index (Phi) is 4.43. The molecule has 2 aromatic rings. The number of ether oxygens (including phenoxy) is 1. The van der Waals surface area contributed by atoms with Crippen LogP contribution in [0.15, 0.2) is 40.1 Å². The fraction of sp³-hybridized carbons (Fsp3) is 0.167. The van der Waals surface area contributed by atoms with Crippen molar-refractivity contribution in [2.45, 2.75) is 11.1 Å². The number of rotatable bonds is 3. The summed E-state index contributed by atoms with van der Waals surface area (Å²) < 4.78 is 68.0. The van der Waals surface area contributed by atoms with E-state index in [0.717, 1.165) is 18.5 Å². The Labute approximate surface area is 132 Å². The number of sulfone groups is 1. The lowest BCUT2D eigenvalue weighted by Gasteiger charge is -2.17. The van der Waals surface area contributed by atoms with Crippen LogP contribution < -0.4 is 4.74 Å². The summed E-state index contributed by atoms with van der Waals surface area (Å²) >= 11 is 2.73. The molecule has 0 spiro atoms. The number of nitrogens with zero attached hydrogens (tertiary/aromatic N) is 2. The average Bonchev–Trinajstić information content (AvgIpc) is 2.39. The van der Waals surface area contributed by atoms with Crippen molar-refractivity contribution in [1.82, 2.24) is 9.97 Å². The van der Waals surface area contributed by atoms with Crippen molar-refractivity contribution in [3.05, 3.63) is 40.8 Å². The summed E-state index contributed by atoms with van der Waals surface area (Å²) in [6.07, 6.45) is -1.76. The van der Waals surface area contributed by atoms with Crippen LogP contribution in [-0.4, -0.2) is 24.6 Å². The summed E-state index contributed by atoms with van der Waals surface area (Å²) in [7, 11) is -4.21. The molecule has 2 rings (SSSR count). The van der Waals surface area contributed by atoms with Crippen LogP contribution in [0.2, 0.25) is 0 Å². The van der Waals surface area contributed by atoms with Gasteiger partial charge in [0.1, 0.15) is 17.0 Å². The molecule has 0 bridgehead atoms. The maximum absolute atomic E-state index is 13.2. The third kappa shape index (κ3) is 3.55. The first-order valence-corrected chi connectivity index (χ1v) is 8.33. The van der Waals surface area contributed by atoms with E-state index in [1.165, 1.54) is 12.3 Å². The quantitative estimate of drug-likeness (QED) is 0.794. The Balaban J connectivity index is 2.70. The van der Waals surface area contributed by atoms with E-state index in [-0.39, 0.29) is 5.88 Å². The Morgan fingerprint density at radius 1 is 1.23 bits per heavy atom. The zero-order valence-corrected chi connectivity index (χ0v) is 13.3. The highest BCUT2D eigenvalue weighted by Crippen LogP contribution is 2.44. The normalized spacial score (nSPS) is 12.2. The second-order valence-electron chi connectivity index (χ2n) is 4.17. The van der Waals surface area contributed by atoms with Gasteiger partial charge in [0.05, 0.1) is 5.56 Å². The van der Waals surface area contributed by atoms with Gasteiger partial charge in [-0.1, -0.05) is 15.9 Å². The SMILES string of the molecule is CS(=O)(=O)c1c(Oc2ccncn2)ccc(Br)c1C(F)(F)F. The van der Waals surface area contributed by atoms with Crippen LogP contribution in [0.1, 0.15) is 5.56 Å². The van der Waals surface area contributed by atoms with Crippen molar-refractivity contribution in [2.75, 3.05) is 6.26 Å². The zero-order chi connectivity index (χ0) is 16.5. The van der Waals surface area contributed by atoms with Crippen LogP contribution in [0.25, 0.3) is 0 Å². The summed E-state index contributed by atoms with van der Waals surface area (Å²) in [5, 5.41) is 0. The number of hydrogen-bond donors (Lipinski definition) is 0. The van der Waals surface area contributed by atoms with Crippen LogP contribution in [0.3, 0.4) is 0 Å². The average molecular weight is 397 g/mol. The predicted octanol–water partition coefficient (Wildman–Crippen LogP) is 3.45. The van der Waals surface area contributed by atoms with Crippen LogP contribution in [0.5, 0.6) is 11.6 Å². The van der Waals surface area contributed by atoms with Crippen molar-refractivity contribution in [3.63, 3.8) is 0 Å². The van der Waals surface area contributed by atoms with E-state index in [9.17, 15) is 21.6 Å². The van der Waals surface area contributed by atoms with Gasteiger partial charge >= 0.3 is 6.18 Å². The van der Waals surface area contributed by atoms with Crippen molar-refractivity contribution < 1.29 is 26.3 Å². The second kappa shape index (κ2) is 5.84. The van der Waals surface area contributed by atoms with E-state index in [2.05, 4.69) is 25.9 Å². The van der Waals surface area contributed by atoms with Crippen molar-refractivity contribution in [2.24, 2.45) is 0 Å². The molecule has 1 aromatic carbocycles. The molecule has 0 unspecified atom stereocenters. The van der Waals surface area contributed by atoms with Gasteiger partial charge in [-0.15, -0.1) is 0 Å². The van der Waals surface area contributed by atoms with Gasteiger partial charge in [-0.25, -0.2) is 18.4 Å². The number of hydrogen-bond acceptors (Lipinski definition) is 5. The molecule has 0 saturated carbocycles. The molecule has 1 heterocycles. The molecule has 0 amide bonds. The lowest BCUT2D eigenvalue weighted by Crippen LogP contribution is -2.14.